The summed E-state index contributed by atoms with van der Waals surface area (Å²) in [6.07, 6.45) is 3.08. The fourth-order valence-corrected chi connectivity index (χ4v) is 2.66. The zero-order valence-electron chi connectivity index (χ0n) is 10.0. The van der Waals surface area contributed by atoms with Gasteiger partial charge in [-0.05, 0) is 29.7 Å². The minimum Gasteiger partial charge on any atom is -0.480 e. The van der Waals surface area contributed by atoms with E-state index in [1.54, 1.807) is 0 Å². The number of carboxylic acids is 1. The number of carbonyl (C=O) groups is 1. The highest BCUT2D eigenvalue weighted by atomic mass is 79.9. The summed E-state index contributed by atoms with van der Waals surface area (Å²) in [6, 6.07) is 3.19. The molecule has 1 unspecified atom stereocenters. The number of aliphatic carboxylic acids is 1. The van der Waals surface area contributed by atoms with Gasteiger partial charge in [0.1, 0.15) is 6.04 Å². The van der Waals surface area contributed by atoms with Gasteiger partial charge in [0.25, 0.3) is 0 Å². The number of halogens is 1. The Morgan fingerprint density at radius 1 is 1.50 bits per heavy atom. The van der Waals surface area contributed by atoms with Crippen LogP contribution in [0.5, 0.6) is 0 Å². The van der Waals surface area contributed by atoms with Crippen molar-refractivity contribution in [3.05, 3.63) is 33.9 Å². The molecular weight excluding hydrogens is 296 g/mol. The maximum atomic E-state index is 10.8. The number of hydrogen-bond acceptors (Lipinski definition) is 2. The largest absolute Gasteiger partial charge is 0.480 e. The Kier molecular flexibility index (Phi) is 3.73. The van der Waals surface area contributed by atoms with Crippen LogP contribution >= 0.6 is 15.9 Å². The minimum atomic E-state index is -0.973. The Bertz CT molecular complexity index is 592. The molecule has 1 heterocycles. The van der Waals surface area contributed by atoms with Crippen LogP contribution in [0, 0.1) is 0 Å². The highest BCUT2D eigenvalue weighted by molar-refractivity contribution is 9.10. The van der Waals surface area contributed by atoms with Gasteiger partial charge < -0.3 is 15.8 Å². The van der Waals surface area contributed by atoms with Gasteiger partial charge in [-0.15, -0.1) is 0 Å². The second kappa shape index (κ2) is 5.12. The Morgan fingerprint density at radius 2 is 2.22 bits per heavy atom. The summed E-state index contributed by atoms with van der Waals surface area (Å²) in [7, 11) is 0. The summed E-state index contributed by atoms with van der Waals surface area (Å²) < 4.78 is 1.02. The van der Waals surface area contributed by atoms with Crippen LogP contribution in [0.1, 0.15) is 18.1 Å². The molecule has 96 valence electrons. The summed E-state index contributed by atoms with van der Waals surface area (Å²) in [4.78, 5) is 14.0. The van der Waals surface area contributed by atoms with E-state index >= 15 is 0 Å². The van der Waals surface area contributed by atoms with Gasteiger partial charge in [0.15, 0.2) is 0 Å². The fourth-order valence-electron chi connectivity index (χ4n) is 2.16. The zero-order valence-corrected chi connectivity index (χ0v) is 11.6. The van der Waals surface area contributed by atoms with Gasteiger partial charge in [0.2, 0.25) is 0 Å². The van der Waals surface area contributed by atoms with Crippen molar-refractivity contribution < 1.29 is 9.90 Å². The smallest absolute Gasteiger partial charge is 0.320 e. The molecule has 4 N–H and O–H groups in total. The van der Waals surface area contributed by atoms with Gasteiger partial charge in [0.05, 0.1) is 0 Å². The van der Waals surface area contributed by atoms with Crippen LogP contribution in [0.2, 0.25) is 0 Å². The molecule has 0 saturated heterocycles. The number of H-pyrrole nitrogens is 1. The van der Waals surface area contributed by atoms with Gasteiger partial charge in [-0.3, -0.25) is 4.79 Å². The number of nitrogens with two attached hydrogens (primary N) is 1. The third kappa shape index (κ3) is 2.42. The Hall–Kier alpha value is -1.33. The molecule has 2 rings (SSSR count). The minimum absolute atomic E-state index is 0.337. The maximum Gasteiger partial charge on any atom is 0.320 e. The van der Waals surface area contributed by atoms with Crippen molar-refractivity contribution in [3.8, 4) is 0 Å². The molecule has 0 amide bonds. The van der Waals surface area contributed by atoms with Crippen molar-refractivity contribution >= 4 is 32.8 Å². The molecule has 0 fully saturated rings. The van der Waals surface area contributed by atoms with Crippen molar-refractivity contribution in [1.82, 2.24) is 4.98 Å². The second-order valence-electron chi connectivity index (χ2n) is 4.30. The lowest BCUT2D eigenvalue weighted by Crippen LogP contribution is -2.32. The van der Waals surface area contributed by atoms with Crippen molar-refractivity contribution in [2.45, 2.75) is 25.8 Å². The number of benzene rings is 1. The number of fused-ring (bicyclic) bond motifs is 1. The van der Waals surface area contributed by atoms with Gasteiger partial charge in [-0.25, -0.2) is 0 Å². The van der Waals surface area contributed by atoms with E-state index in [0.29, 0.717) is 6.42 Å². The first kappa shape index (κ1) is 13.1. The lowest BCUT2D eigenvalue weighted by molar-refractivity contribution is -0.138. The Balaban J connectivity index is 2.49. The van der Waals surface area contributed by atoms with E-state index in [2.05, 4.69) is 33.9 Å². The molecule has 0 aliphatic heterocycles. The summed E-state index contributed by atoms with van der Waals surface area (Å²) in [6.45, 7) is 2.08. The fraction of sp³-hybridized carbons (Fsp3) is 0.308. The Morgan fingerprint density at radius 3 is 2.83 bits per heavy atom. The predicted octanol–water partition coefficient (Wildman–Crippen LogP) is 2.45. The maximum absolute atomic E-state index is 10.8. The predicted molar refractivity (Wildman–Crippen MR) is 74.7 cm³/mol. The van der Waals surface area contributed by atoms with Gasteiger partial charge in [0, 0.05) is 28.0 Å². The van der Waals surface area contributed by atoms with Crippen LogP contribution in [0.3, 0.4) is 0 Å². The molecule has 0 bridgehead atoms. The number of hydrogen-bond donors (Lipinski definition) is 3. The van der Waals surface area contributed by atoms with E-state index < -0.39 is 12.0 Å². The lowest BCUT2D eigenvalue weighted by atomic mass is 10.00. The SMILES string of the molecule is CCc1cc(Br)cc2[nH]cc(CC(N)C(=O)O)c12. The molecule has 0 aliphatic carbocycles. The van der Waals surface area contributed by atoms with Crippen LogP contribution < -0.4 is 5.73 Å². The quantitative estimate of drug-likeness (QED) is 0.811. The highest BCUT2D eigenvalue weighted by Crippen LogP contribution is 2.28. The number of aromatic nitrogens is 1. The van der Waals surface area contributed by atoms with Crippen molar-refractivity contribution in [2.24, 2.45) is 5.73 Å². The van der Waals surface area contributed by atoms with Gasteiger partial charge in [-0.1, -0.05) is 22.9 Å². The first-order chi connectivity index (χ1) is 8.52. The molecule has 0 spiro atoms. The second-order valence-corrected chi connectivity index (χ2v) is 5.22. The first-order valence-electron chi connectivity index (χ1n) is 5.79. The zero-order chi connectivity index (χ0) is 13.3. The van der Waals surface area contributed by atoms with E-state index in [-0.39, 0.29) is 0 Å². The molecule has 2 aromatic rings. The number of aromatic amines is 1. The number of carboxylic acid groups (broad SMARTS) is 1. The monoisotopic (exact) mass is 310 g/mol. The summed E-state index contributed by atoms with van der Waals surface area (Å²) in [5.74, 6) is -0.973. The van der Waals surface area contributed by atoms with Crippen LogP contribution in [-0.2, 0) is 17.6 Å². The van der Waals surface area contributed by atoms with Crippen molar-refractivity contribution in [2.75, 3.05) is 0 Å². The van der Waals surface area contributed by atoms with E-state index in [1.807, 2.05) is 12.3 Å². The summed E-state index contributed by atoms with van der Waals surface area (Å²) >= 11 is 3.47. The van der Waals surface area contributed by atoms with Crippen molar-refractivity contribution in [3.63, 3.8) is 0 Å². The topological polar surface area (TPSA) is 79.1 Å². The highest BCUT2D eigenvalue weighted by Gasteiger charge is 2.16. The normalized spacial score (nSPS) is 12.8. The van der Waals surface area contributed by atoms with Gasteiger partial charge >= 0.3 is 5.97 Å². The van der Waals surface area contributed by atoms with E-state index in [0.717, 1.165) is 27.4 Å². The molecule has 18 heavy (non-hydrogen) atoms. The number of rotatable bonds is 4. The lowest BCUT2D eigenvalue weighted by Gasteiger charge is -2.08. The molecule has 0 aliphatic rings. The molecule has 5 heteroatoms. The number of nitrogens with one attached hydrogen (secondary N) is 1. The standard InChI is InChI=1S/C13H15BrN2O2/c1-2-7-3-9(14)5-11-12(7)8(6-16-11)4-10(15)13(17)18/h3,5-6,10,16H,2,4,15H2,1H3,(H,17,18). The molecular formula is C13H15BrN2O2. The van der Waals surface area contributed by atoms with Crippen LogP contribution in [-0.4, -0.2) is 22.1 Å². The third-order valence-electron chi connectivity index (χ3n) is 3.05. The van der Waals surface area contributed by atoms with Crippen LogP contribution in [0.15, 0.2) is 22.8 Å². The molecule has 1 aromatic carbocycles. The molecule has 0 radical (unpaired) electrons. The average Bonchev–Trinajstić information content (AvgIpc) is 2.71. The van der Waals surface area contributed by atoms with Crippen molar-refractivity contribution in [1.29, 1.82) is 0 Å². The Labute approximate surface area is 113 Å². The molecule has 0 saturated carbocycles. The first-order valence-corrected chi connectivity index (χ1v) is 6.59. The molecule has 4 nitrogen and oxygen atoms in total. The van der Waals surface area contributed by atoms with Crippen LogP contribution in [0.4, 0.5) is 0 Å². The van der Waals surface area contributed by atoms with E-state index in [9.17, 15) is 4.79 Å². The summed E-state index contributed by atoms with van der Waals surface area (Å²) in [5.41, 5.74) is 8.76. The number of aryl methyl sites for hydroxylation is 1. The van der Waals surface area contributed by atoms with E-state index in [4.69, 9.17) is 10.8 Å². The average molecular weight is 311 g/mol. The third-order valence-corrected chi connectivity index (χ3v) is 3.50. The molecule has 1 aromatic heterocycles. The van der Waals surface area contributed by atoms with Gasteiger partial charge in [-0.2, -0.15) is 0 Å². The van der Waals surface area contributed by atoms with Crippen LogP contribution in [0.25, 0.3) is 10.9 Å². The summed E-state index contributed by atoms with van der Waals surface area (Å²) in [5, 5.41) is 9.98. The molecule has 1 atom stereocenters. The van der Waals surface area contributed by atoms with E-state index in [1.165, 1.54) is 5.56 Å².